The summed E-state index contributed by atoms with van der Waals surface area (Å²) in [5.74, 6) is 0.418. The van der Waals surface area contributed by atoms with Crippen molar-refractivity contribution in [2.24, 2.45) is 0 Å². The van der Waals surface area contributed by atoms with Crippen LogP contribution in [0, 0.1) is 6.92 Å². The first-order chi connectivity index (χ1) is 13.8. The first-order valence-electron chi connectivity index (χ1n) is 8.79. The molecule has 2 N–H and O–H groups in total. The van der Waals surface area contributed by atoms with Crippen molar-refractivity contribution in [3.05, 3.63) is 56.9 Å². The van der Waals surface area contributed by atoms with E-state index in [1.54, 1.807) is 45.2 Å². The largest absolute Gasteiger partial charge is 0.383 e. The number of nitrogens with zero attached hydrogens (tertiary/aromatic N) is 2. The van der Waals surface area contributed by atoms with E-state index in [9.17, 15) is 9.59 Å². The van der Waals surface area contributed by atoms with Crippen molar-refractivity contribution in [3.8, 4) is 0 Å². The Morgan fingerprint density at radius 2 is 2.07 bits per heavy atom. The van der Waals surface area contributed by atoms with Gasteiger partial charge in [-0.1, -0.05) is 34.4 Å². The highest BCUT2D eigenvalue weighted by molar-refractivity contribution is 6.42. The van der Waals surface area contributed by atoms with E-state index in [1.165, 1.54) is 4.90 Å². The van der Waals surface area contributed by atoms with Gasteiger partial charge in [0, 0.05) is 18.9 Å². The Morgan fingerprint density at radius 1 is 1.31 bits per heavy atom. The number of methoxy groups -OCH3 is 1. The number of carbonyl (C=O) groups is 2. The second kappa shape index (κ2) is 8.86. The topological polar surface area (TPSA) is 96.7 Å². The maximum atomic E-state index is 13.1. The Labute approximate surface area is 177 Å². The highest BCUT2D eigenvalue weighted by atomic mass is 35.5. The minimum Gasteiger partial charge on any atom is -0.383 e. The van der Waals surface area contributed by atoms with Gasteiger partial charge in [0.05, 0.1) is 34.8 Å². The van der Waals surface area contributed by atoms with Crippen molar-refractivity contribution in [2.45, 2.75) is 19.9 Å². The molecular formula is C19H20Cl2N4O4. The summed E-state index contributed by atoms with van der Waals surface area (Å²) in [6.45, 7) is 4.04. The molecule has 1 aromatic heterocycles. The highest BCUT2D eigenvalue weighted by Gasteiger charge is 2.36. The summed E-state index contributed by atoms with van der Waals surface area (Å²) < 4.78 is 10.1. The molecule has 154 valence electrons. The van der Waals surface area contributed by atoms with Crippen LogP contribution in [0.5, 0.6) is 0 Å². The average molecular weight is 439 g/mol. The molecule has 1 atom stereocenters. The predicted octanol–water partition coefficient (Wildman–Crippen LogP) is 3.92. The van der Waals surface area contributed by atoms with E-state index in [-0.39, 0.29) is 11.8 Å². The van der Waals surface area contributed by atoms with Gasteiger partial charge in [0.15, 0.2) is 5.82 Å². The van der Waals surface area contributed by atoms with Crippen LogP contribution in [0.2, 0.25) is 10.0 Å². The lowest BCUT2D eigenvalue weighted by atomic mass is 9.94. The fourth-order valence-electron chi connectivity index (χ4n) is 3.08. The number of carbonyl (C=O) groups excluding carboxylic acids is 2. The number of anilines is 1. The molecule has 10 heteroatoms. The van der Waals surface area contributed by atoms with Gasteiger partial charge in [-0.2, -0.15) is 0 Å². The fraction of sp³-hybridized carbons (Fsp3) is 0.316. The molecular weight excluding hydrogens is 419 g/mol. The van der Waals surface area contributed by atoms with Gasteiger partial charge in [0.2, 0.25) is 0 Å². The van der Waals surface area contributed by atoms with Gasteiger partial charge < -0.3 is 19.9 Å². The summed E-state index contributed by atoms with van der Waals surface area (Å²) in [6, 6.07) is 5.50. The van der Waals surface area contributed by atoms with Crippen LogP contribution in [0.3, 0.4) is 0 Å². The molecule has 0 aliphatic carbocycles. The second-order valence-corrected chi connectivity index (χ2v) is 7.29. The van der Waals surface area contributed by atoms with Gasteiger partial charge in [-0.05, 0) is 31.5 Å². The number of nitrogens with one attached hydrogen (secondary N) is 2. The van der Waals surface area contributed by atoms with Gasteiger partial charge in [0.25, 0.3) is 5.91 Å². The van der Waals surface area contributed by atoms with Gasteiger partial charge in [-0.25, -0.2) is 4.79 Å². The van der Waals surface area contributed by atoms with Crippen LogP contribution in [0.25, 0.3) is 0 Å². The maximum Gasteiger partial charge on any atom is 0.322 e. The smallest absolute Gasteiger partial charge is 0.322 e. The van der Waals surface area contributed by atoms with Crippen molar-refractivity contribution in [1.82, 2.24) is 15.4 Å². The number of benzene rings is 1. The highest BCUT2D eigenvalue weighted by Crippen LogP contribution is 2.34. The third kappa shape index (κ3) is 4.55. The zero-order valence-electron chi connectivity index (χ0n) is 16.1. The van der Waals surface area contributed by atoms with E-state index < -0.39 is 11.9 Å². The summed E-state index contributed by atoms with van der Waals surface area (Å²) in [7, 11) is 1.54. The first kappa shape index (κ1) is 21.2. The van der Waals surface area contributed by atoms with Crippen LogP contribution in [0.4, 0.5) is 10.6 Å². The summed E-state index contributed by atoms with van der Waals surface area (Å²) in [5, 5.41) is 10.1. The number of allylic oxidation sites excluding steroid dienone is 1. The molecule has 0 bridgehead atoms. The summed E-state index contributed by atoms with van der Waals surface area (Å²) >= 11 is 12.2. The van der Waals surface area contributed by atoms with Crippen molar-refractivity contribution < 1.29 is 18.8 Å². The molecule has 29 heavy (non-hydrogen) atoms. The third-order valence-electron chi connectivity index (χ3n) is 4.51. The monoisotopic (exact) mass is 438 g/mol. The molecule has 1 aliphatic heterocycles. The molecule has 0 spiro atoms. The number of aromatic nitrogens is 1. The Morgan fingerprint density at radius 3 is 2.69 bits per heavy atom. The number of hydrogen-bond acceptors (Lipinski definition) is 5. The molecule has 0 saturated carbocycles. The molecule has 2 aromatic rings. The van der Waals surface area contributed by atoms with E-state index >= 15 is 0 Å². The number of rotatable bonds is 6. The Hall–Kier alpha value is -2.55. The van der Waals surface area contributed by atoms with Crippen LogP contribution in [0.15, 0.2) is 40.1 Å². The number of aryl methyl sites for hydroxylation is 1. The summed E-state index contributed by atoms with van der Waals surface area (Å²) in [5.41, 5.74) is 1.47. The fourth-order valence-corrected chi connectivity index (χ4v) is 3.38. The van der Waals surface area contributed by atoms with Gasteiger partial charge >= 0.3 is 6.03 Å². The standard InChI is InChI=1S/C19H20Cl2N4O4/c1-10-8-15(24-29-10)22-18(26)16-11(2)25(6-7-28-3)19(27)23-17(16)12-4-5-13(20)14(21)9-12/h4-5,8-9,17H,6-7H2,1-3H3,(H,23,27)(H,22,24,26)/t17-/m1/s1. The average Bonchev–Trinajstić information content (AvgIpc) is 3.07. The number of amides is 3. The van der Waals surface area contributed by atoms with Gasteiger partial charge in [-0.15, -0.1) is 0 Å². The third-order valence-corrected chi connectivity index (χ3v) is 5.25. The van der Waals surface area contributed by atoms with Crippen LogP contribution < -0.4 is 10.6 Å². The minimum absolute atomic E-state index is 0.279. The quantitative estimate of drug-likeness (QED) is 0.712. The van der Waals surface area contributed by atoms with E-state index in [0.29, 0.717) is 45.8 Å². The zero-order valence-corrected chi connectivity index (χ0v) is 17.6. The van der Waals surface area contributed by atoms with Gasteiger partial charge in [-0.3, -0.25) is 9.69 Å². The number of halogens is 2. The van der Waals surface area contributed by atoms with E-state index in [0.717, 1.165) is 0 Å². The van der Waals surface area contributed by atoms with Crippen molar-refractivity contribution in [2.75, 3.05) is 25.6 Å². The molecule has 0 fully saturated rings. The van der Waals surface area contributed by atoms with E-state index in [1.807, 2.05) is 0 Å². The van der Waals surface area contributed by atoms with Gasteiger partial charge in [0.1, 0.15) is 5.76 Å². The lowest BCUT2D eigenvalue weighted by molar-refractivity contribution is -0.113. The van der Waals surface area contributed by atoms with Crippen LogP contribution in [0.1, 0.15) is 24.3 Å². The lowest BCUT2D eigenvalue weighted by Crippen LogP contribution is -2.49. The number of urea groups is 1. The maximum absolute atomic E-state index is 13.1. The Kier molecular flexibility index (Phi) is 6.46. The molecule has 8 nitrogen and oxygen atoms in total. The Bertz CT molecular complexity index is 973. The molecule has 0 unspecified atom stereocenters. The SMILES string of the molecule is COCCN1C(=O)N[C@H](c2ccc(Cl)c(Cl)c2)C(C(=O)Nc2cc(C)on2)=C1C. The van der Waals surface area contributed by atoms with E-state index in [2.05, 4.69) is 15.8 Å². The molecule has 0 saturated heterocycles. The second-order valence-electron chi connectivity index (χ2n) is 6.48. The van der Waals surface area contributed by atoms with Crippen molar-refractivity contribution in [1.29, 1.82) is 0 Å². The van der Waals surface area contributed by atoms with Crippen LogP contribution >= 0.6 is 23.2 Å². The van der Waals surface area contributed by atoms with Crippen LogP contribution in [-0.2, 0) is 9.53 Å². The molecule has 3 amide bonds. The zero-order chi connectivity index (χ0) is 21.1. The molecule has 1 aromatic carbocycles. The van der Waals surface area contributed by atoms with Crippen molar-refractivity contribution >= 4 is 41.0 Å². The molecule has 2 heterocycles. The Balaban J connectivity index is 2.02. The predicted molar refractivity (Wildman–Crippen MR) is 109 cm³/mol. The van der Waals surface area contributed by atoms with Crippen molar-refractivity contribution in [3.63, 3.8) is 0 Å². The summed E-state index contributed by atoms with van der Waals surface area (Å²) in [4.78, 5) is 27.3. The molecule has 0 radical (unpaired) electrons. The lowest BCUT2D eigenvalue weighted by Gasteiger charge is -2.35. The number of hydrogen-bond donors (Lipinski definition) is 2. The summed E-state index contributed by atoms with van der Waals surface area (Å²) in [6.07, 6.45) is 0. The first-order valence-corrected chi connectivity index (χ1v) is 9.54. The number of ether oxygens (including phenoxy) is 1. The van der Waals surface area contributed by atoms with Crippen LogP contribution in [-0.4, -0.2) is 42.3 Å². The molecule has 3 rings (SSSR count). The molecule has 1 aliphatic rings. The van der Waals surface area contributed by atoms with E-state index in [4.69, 9.17) is 32.5 Å². The normalized spacial score (nSPS) is 16.8. The minimum atomic E-state index is -0.718.